The number of hydrogen-bond donors (Lipinski definition) is 1. The number of nitrogens with zero attached hydrogens (tertiary/aromatic N) is 2. The summed E-state index contributed by atoms with van der Waals surface area (Å²) in [4.78, 5) is 16.1. The average molecular weight is 305 g/mol. The summed E-state index contributed by atoms with van der Waals surface area (Å²) >= 11 is 0. The van der Waals surface area contributed by atoms with Gasteiger partial charge in [-0.05, 0) is 24.6 Å². The Kier molecular flexibility index (Phi) is 6.36. The van der Waals surface area contributed by atoms with Crippen LogP contribution in [0.5, 0.6) is 0 Å². The highest BCUT2D eigenvalue weighted by atomic mass is 16.5. The monoisotopic (exact) mass is 305 g/mol. The van der Waals surface area contributed by atoms with Crippen molar-refractivity contribution in [2.45, 2.75) is 26.4 Å². The Morgan fingerprint density at radius 1 is 1.32 bits per heavy atom. The fourth-order valence-corrected chi connectivity index (χ4v) is 2.92. The first-order valence-corrected chi connectivity index (χ1v) is 7.90. The predicted molar refractivity (Wildman–Crippen MR) is 88.9 cm³/mol. The zero-order valence-corrected chi connectivity index (χ0v) is 13.8. The average Bonchev–Trinajstić information content (AvgIpc) is 2.48. The first-order valence-electron chi connectivity index (χ1n) is 7.90. The minimum absolute atomic E-state index is 0.0297. The Labute approximate surface area is 133 Å². The maximum atomic E-state index is 11.1. The fourth-order valence-electron chi connectivity index (χ4n) is 2.92. The van der Waals surface area contributed by atoms with Gasteiger partial charge in [-0.15, -0.1) is 0 Å². The van der Waals surface area contributed by atoms with E-state index in [-0.39, 0.29) is 5.91 Å². The number of hydrogen-bond acceptors (Lipinski definition) is 4. The van der Waals surface area contributed by atoms with Crippen molar-refractivity contribution in [2.75, 3.05) is 45.2 Å². The quantitative estimate of drug-likeness (QED) is 0.870. The maximum absolute atomic E-state index is 11.1. The number of piperazine rings is 1. The van der Waals surface area contributed by atoms with Crippen LogP contribution in [0.25, 0.3) is 0 Å². The van der Waals surface area contributed by atoms with E-state index in [2.05, 4.69) is 34.2 Å². The van der Waals surface area contributed by atoms with Gasteiger partial charge in [0, 0.05) is 58.5 Å². The van der Waals surface area contributed by atoms with E-state index in [0.717, 1.165) is 45.0 Å². The van der Waals surface area contributed by atoms with Crippen LogP contribution in [-0.4, -0.2) is 61.6 Å². The predicted octanol–water partition coefficient (Wildman–Crippen LogP) is 1.80. The van der Waals surface area contributed by atoms with Gasteiger partial charge in [0.1, 0.15) is 0 Å². The molecule has 0 saturated carbocycles. The molecule has 0 unspecified atom stereocenters. The van der Waals surface area contributed by atoms with Gasteiger partial charge in [0.15, 0.2) is 0 Å². The molecule has 1 saturated heterocycles. The molecular formula is C17H27N3O2. The van der Waals surface area contributed by atoms with Crippen LogP contribution in [0.15, 0.2) is 24.3 Å². The number of ether oxygens (including phenoxy) is 1. The highest BCUT2D eigenvalue weighted by Gasteiger charge is 2.20. The lowest BCUT2D eigenvalue weighted by Gasteiger charge is -2.37. The SMILES string of the molecule is COC[C@@H](C)N1CCN(Cc2cccc(NC(C)=O)c2)CC1. The van der Waals surface area contributed by atoms with Crippen molar-refractivity contribution in [2.24, 2.45) is 0 Å². The molecule has 1 heterocycles. The number of anilines is 1. The Balaban J connectivity index is 1.84. The molecule has 1 aromatic rings. The summed E-state index contributed by atoms with van der Waals surface area (Å²) in [7, 11) is 1.76. The van der Waals surface area contributed by atoms with Crippen LogP contribution in [0.2, 0.25) is 0 Å². The van der Waals surface area contributed by atoms with Gasteiger partial charge in [0.05, 0.1) is 6.61 Å². The number of benzene rings is 1. The van der Waals surface area contributed by atoms with E-state index in [9.17, 15) is 4.79 Å². The molecule has 1 amide bonds. The summed E-state index contributed by atoms with van der Waals surface area (Å²) in [6, 6.07) is 8.58. The van der Waals surface area contributed by atoms with E-state index < -0.39 is 0 Å². The van der Waals surface area contributed by atoms with E-state index in [0.29, 0.717) is 6.04 Å². The number of nitrogens with one attached hydrogen (secondary N) is 1. The minimum Gasteiger partial charge on any atom is -0.383 e. The number of carbonyl (C=O) groups is 1. The van der Waals surface area contributed by atoms with Crippen molar-refractivity contribution in [1.82, 2.24) is 9.80 Å². The van der Waals surface area contributed by atoms with Crippen LogP contribution in [0.1, 0.15) is 19.4 Å². The molecule has 1 atom stereocenters. The zero-order chi connectivity index (χ0) is 15.9. The number of rotatable bonds is 6. The van der Waals surface area contributed by atoms with E-state index in [1.165, 1.54) is 12.5 Å². The van der Waals surface area contributed by atoms with Gasteiger partial charge in [-0.3, -0.25) is 14.6 Å². The summed E-state index contributed by atoms with van der Waals surface area (Å²) in [5, 5.41) is 2.84. The molecule has 2 rings (SSSR count). The number of carbonyl (C=O) groups excluding carboxylic acids is 1. The van der Waals surface area contributed by atoms with Gasteiger partial charge in [0.25, 0.3) is 0 Å². The lowest BCUT2D eigenvalue weighted by atomic mass is 10.1. The second-order valence-corrected chi connectivity index (χ2v) is 6.00. The van der Waals surface area contributed by atoms with Crippen LogP contribution < -0.4 is 5.32 Å². The molecule has 0 aliphatic carbocycles. The van der Waals surface area contributed by atoms with Crippen LogP contribution in [-0.2, 0) is 16.1 Å². The first kappa shape index (κ1) is 16.9. The third kappa shape index (κ3) is 5.09. The zero-order valence-electron chi connectivity index (χ0n) is 13.8. The van der Waals surface area contributed by atoms with Crippen molar-refractivity contribution in [1.29, 1.82) is 0 Å². The second-order valence-electron chi connectivity index (χ2n) is 6.00. The van der Waals surface area contributed by atoms with Gasteiger partial charge >= 0.3 is 0 Å². The van der Waals surface area contributed by atoms with Crippen molar-refractivity contribution >= 4 is 11.6 Å². The third-order valence-corrected chi connectivity index (χ3v) is 4.09. The summed E-state index contributed by atoms with van der Waals surface area (Å²) in [6.07, 6.45) is 0. The third-order valence-electron chi connectivity index (χ3n) is 4.09. The normalized spacial score (nSPS) is 18.1. The van der Waals surface area contributed by atoms with Gasteiger partial charge in [-0.1, -0.05) is 12.1 Å². The molecule has 5 heteroatoms. The molecule has 0 bridgehead atoms. The summed E-state index contributed by atoms with van der Waals surface area (Å²) in [5.74, 6) is -0.0297. The van der Waals surface area contributed by atoms with Gasteiger partial charge in [-0.25, -0.2) is 0 Å². The van der Waals surface area contributed by atoms with Crippen LogP contribution in [0.3, 0.4) is 0 Å². The minimum atomic E-state index is -0.0297. The maximum Gasteiger partial charge on any atom is 0.221 e. The Bertz CT molecular complexity index is 485. The molecule has 0 aromatic heterocycles. The summed E-state index contributed by atoms with van der Waals surface area (Å²) < 4.78 is 5.23. The Morgan fingerprint density at radius 3 is 2.68 bits per heavy atom. The second kappa shape index (κ2) is 8.27. The molecule has 1 aliphatic heterocycles. The van der Waals surface area contributed by atoms with Crippen LogP contribution >= 0.6 is 0 Å². The Hall–Kier alpha value is -1.43. The van der Waals surface area contributed by atoms with Crippen LogP contribution in [0, 0.1) is 0 Å². The van der Waals surface area contributed by atoms with Crippen molar-refractivity contribution < 1.29 is 9.53 Å². The largest absolute Gasteiger partial charge is 0.383 e. The summed E-state index contributed by atoms with van der Waals surface area (Å²) in [5.41, 5.74) is 2.11. The number of methoxy groups -OCH3 is 1. The standard InChI is InChI=1S/C17H27N3O2/c1-14(13-22-3)20-9-7-19(8-10-20)12-16-5-4-6-17(11-16)18-15(2)21/h4-6,11,14H,7-10,12-13H2,1-3H3,(H,18,21)/t14-/m1/s1. The molecular weight excluding hydrogens is 278 g/mol. The Morgan fingerprint density at radius 2 is 2.05 bits per heavy atom. The van der Waals surface area contributed by atoms with Gasteiger partial charge in [0.2, 0.25) is 5.91 Å². The molecule has 22 heavy (non-hydrogen) atoms. The first-order chi connectivity index (χ1) is 10.6. The molecule has 1 aliphatic rings. The van der Waals surface area contributed by atoms with E-state index in [1.807, 2.05) is 12.1 Å². The topological polar surface area (TPSA) is 44.8 Å². The van der Waals surface area contributed by atoms with E-state index in [4.69, 9.17) is 4.74 Å². The number of amides is 1. The van der Waals surface area contributed by atoms with Crippen LogP contribution in [0.4, 0.5) is 5.69 Å². The lowest BCUT2D eigenvalue weighted by Crippen LogP contribution is -2.50. The summed E-state index contributed by atoms with van der Waals surface area (Å²) in [6.45, 7) is 9.77. The highest BCUT2D eigenvalue weighted by Crippen LogP contribution is 2.15. The lowest BCUT2D eigenvalue weighted by molar-refractivity contribution is -0.114. The molecule has 1 N–H and O–H groups in total. The van der Waals surface area contributed by atoms with Crippen molar-refractivity contribution in [3.8, 4) is 0 Å². The molecule has 0 radical (unpaired) electrons. The molecule has 122 valence electrons. The van der Waals surface area contributed by atoms with Gasteiger partial charge < -0.3 is 10.1 Å². The van der Waals surface area contributed by atoms with Gasteiger partial charge in [-0.2, -0.15) is 0 Å². The molecule has 0 spiro atoms. The fraction of sp³-hybridized carbons (Fsp3) is 0.588. The molecule has 1 aromatic carbocycles. The smallest absolute Gasteiger partial charge is 0.221 e. The molecule has 5 nitrogen and oxygen atoms in total. The van der Waals surface area contributed by atoms with E-state index >= 15 is 0 Å². The molecule has 1 fully saturated rings. The van der Waals surface area contributed by atoms with Crippen molar-refractivity contribution in [3.05, 3.63) is 29.8 Å². The van der Waals surface area contributed by atoms with E-state index in [1.54, 1.807) is 7.11 Å². The highest BCUT2D eigenvalue weighted by molar-refractivity contribution is 5.88. The van der Waals surface area contributed by atoms with Crippen molar-refractivity contribution in [3.63, 3.8) is 0 Å².